The van der Waals surface area contributed by atoms with Gasteiger partial charge in [0.1, 0.15) is 0 Å². The summed E-state index contributed by atoms with van der Waals surface area (Å²) in [6, 6.07) is 4.01. The second-order valence-electron chi connectivity index (χ2n) is 3.17. The van der Waals surface area contributed by atoms with E-state index in [4.69, 9.17) is 4.74 Å². The monoisotopic (exact) mass is 326 g/mol. The van der Waals surface area contributed by atoms with Crippen LogP contribution in [-0.2, 0) is 0 Å². The van der Waals surface area contributed by atoms with Crippen LogP contribution in [0.15, 0.2) is 18.2 Å². The number of carbonyl (C=O) groups is 1. The summed E-state index contributed by atoms with van der Waals surface area (Å²) in [5, 5.41) is -0.100. The van der Waals surface area contributed by atoms with Crippen LogP contribution < -0.4 is 9.47 Å². The smallest absolute Gasteiger partial charge is 0.490 e. The molecule has 3 nitrogen and oxygen atoms in total. The van der Waals surface area contributed by atoms with Crippen LogP contribution >= 0.6 is 15.9 Å². The summed E-state index contributed by atoms with van der Waals surface area (Å²) in [6.45, 7) is 1.79. The largest absolute Gasteiger partial charge is 0.573 e. The molecule has 100 valence electrons. The van der Waals surface area contributed by atoms with Crippen molar-refractivity contribution in [2.45, 2.75) is 13.3 Å². The van der Waals surface area contributed by atoms with Gasteiger partial charge in [-0.2, -0.15) is 0 Å². The Kier molecular flexibility index (Phi) is 5.01. The average molecular weight is 327 g/mol. The van der Waals surface area contributed by atoms with Gasteiger partial charge in [0.2, 0.25) is 0 Å². The molecule has 0 amide bonds. The second-order valence-corrected chi connectivity index (χ2v) is 3.73. The Balaban J connectivity index is 3.25. The standard InChI is InChI=1S/C11H10BrF3O3/c1-2-17-9-5-3-4-7(8(16)6-12)10(9)18-11(13,14)15/h3-5H,2,6H2,1H3. The van der Waals surface area contributed by atoms with Gasteiger partial charge in [-0.25, -0.2) is 0 Å². The van der Waals surface area contributed by atoms with Crippen molar-refractivity contribution in [3.8, 4) is 11.5 Å². The fraction of sp³-hybridized carbons (Fsp3) is 0.364. The van der Waals surface area contributed by atoms with Crippen LogP contribution in [0.3, 0.4) is 0 Å². The van der Waals surface area contributed by atoms with Crippen LogP contribution in [0.5, 0.6) is 11.5 Å². The van der Waals surface area contributed by atoms with Gasteiger partial charge in [-0.3, -0.25) is 4.79 Å². The quantitative estimate of drug-likeness (QED) is 0.613. The number of ether oxygens (including phenoxy) is 2. The van der Waals surface area contributed by atoms with Crippen LogP contribution in [0.25, 0.3) is 0 Å². The third-order valence-corrected chi connectivity index (χ3v) is 2.43. The van der Waals surface area contributed by atoms with E-state index in [2.05, 4.69) is 20.7 Å². The lowest BCUT2D eigenvalue weighted by atomic mass is 10.1. The molecule has 0 aliphatic rings. The molecule has 0 aliphatic heterocycles. The highest BCUT2D eigenvalue weighted by atomic mass is 79.9. The highest BCUT2D eigenvalue weighted by Crippen LogP contribution is 2.36. The van der Waals surface area contributed by atoms with Crippen LogP contribution in [0, 0.1) is 0 Å². The van der Waals surface area contributed by atoms with Gasteiger partial charge in [0, 0.05) is 0 Å². The number of para-hydroxylation sites is 1. The topological polar surface area (TPSA) is 35.5 Å². The Bertz CT molecular complexity index is 432. The van der Waals surface area contributed by atoms with Gasteiger partial charge in [0.25, 0.3) is 0 Å². The average Bonchev–Trinajstić information content (AvgIpc) is 2.29. The summed E-state index contributed by atoms with van der Waals surface area (Å²) in [5.41, 5.74) is -0.171. The Labute approximate surface area is 110 Å². The Morgan fingerprint density at radius 3 is 2.56 bits per heavy atom. The number of halogens is 4. The second kappa shape index (κ2) is 6.08. The molecule has 1 rings (SSSR count). The van der Waals surface area contributed by atoms with E-state index in [1.807, 2.05) is 0 Å². The summed E-state index contributed by atoms with van der Waals surface area (Å²) in [7, 11) is 0. The van der Waals surface area contributed by atoms with Gasteiger partial charge in [0.15, 0.2) is 17.3 Å². The number of benzene rings is 1. The Hall–Kier alpha value is -1.24. The number of alkyl halides is 4. The molecule has 0 aliphatic carbocycles. The van der Waals surface area contributed by atoms with Crippen molar-refractivity contribution >= 4 is 21.7 Å². The third-order valence-electron chi connectivity index (χ3n) is 1.92. The molecule has 1 aromatic carbocycles. The van der Waals surface area contributed by atoms with Gasteiger partial charge >= 0.3 is 6.36 Å². The summed E-state index contributed by atoms with van der Waals surface area (Å²) in [5.74, 6) is -1.23. The Morgan fingerprint density at radius 2 is 2.06 bits per heavy atom. The van der Waals surface area contributed by atoms with Crippen molar-refractivity contribution < 1.29 is 27.4 Å². The summed E-state index contributed by atoms with van der Waals surface area (Å²) in [6.07, 6.45) is -4.88. The molecule has 0 heterocycles. The van der Waals surface area contributed by atoms with Gasteiger partial charge in [-0.15, -0.1) is 13.2 Å². The van der Waals surface area contributed by atoms with Crippen LogP contribution in [0.1, 0.15) is 17.3 Å². The predicted molar refractivity (Wildman–Crippen MR) is 62.4 cm³/mol. The van der Waals surface area contributed by atoms with E-state index in [1.54, 1.807) is 6.92 Å². The van der Waals surface area contributed by atoms with Crippen molar-refractivity contribution in [1.82, 2.24) is 0 Å². The lowest BCUT2D eigenvalue weighted by molar-refractivity contribution is -0.275. The number of rotatable bonds is 5. The third kappa shape index (κ3) is 3.90. The van der Waals surface area contributed by atoms with Crippen LogP contribution in [0.4, 0.5) is 13.2 Å². The number of hydrogen-bond donors (Lipinski definition) is 0. The fourth-order valence-corrected chi connectivity index (χ4v) is 1.60. The summed E-state index contributed by atoms with van der Waals surface area (Å²) < 4.78 is 45.8. The van der Waals surface area contributed by atoms with Crippen LogP contribution in [-0.4, -0.2) is 24.1 Å². The Morgan fingerprint density at radius 1 is 1.39 bits per heavy atom. The van der Waals surface area contributed by atoms with Gasteiger partial charge in [-0.1, -0.05) is 22.0 Å². The molecule has 7 heteroatoms. The van der Waals surface area contributed by atoms with Gasteiger partial charge < -0.3 is 9.47 Å². The van der Waals surface area contributed by atoms with Crippen molar-refractivity contribution in [3.63, 3.8) is 0 Å². The maximum Gasteiger partial charge on any atom is 0.573 e. The van der Waals surface area contributed by atoms with Crippen molar-refractivity contribution in [2.24, 2.45) is 0 Å². The fourth-order valence-electron chi connectivity index (χ4n) is 1.30. The number of Topliss-reactive ketones (excluding diaryl/α,β-unsaturated/α-hetero) is 1. The summed E-state index contributed by atoms with van der Waals surface area (Å²) in [4.78, 5) is 11.5. The van der Waals surface area contributed by atoms with E-state index in [9.17, 15) is 18.0 Å². The van der Waals surface area contributed by atoms with E-state index in [0.29, 0.717) is 0 Å². The van der Waals surface area contributed by atoms with E-state index in [1.165, 1.54) is 18.2 Å². The number of hydrogen-bond acceptors (Lipinski definition) is 3. The lowest BCUT2D eigenvalue weighted by Crippen LogP contribution is -2.20. The normalized spacial score (nSPS) is 11.2. The maximum atomic E-state index is 12.3. The predicted octanol–water partition coefficient (Wildman–Crippen LogP) is 3.56. The van der Waals surface area contributed by atoms with Crippen molar-refractivity contribution in [1.29, 1.82) is 0 Å². The molecule has 0 aromatic heterocycles. The minimum absolute atomic E-state index is 0.100. The zero-order chi connectivity index (χ0) is 13.8. The molecule has 0 bridgehead atoms. The number of ketones is 1. The molecule has 18 heavy (non-hydrogen) atoms. The van der Waals surface area contributed by atoms with Gasteiger partial charge in [0.05, 0.1) is 17.5 Å². The highest BCUT2D eigenvalue weighted by Gasteiger charge is 2.34. The molecule has 0 fully saturated rings. The zero-order valence-corrected chi connectivity index (χ0v) is 11.0. The SMILES string of the molecule is CCOc1cccc(C(=O)CBr)c1OC(F)(F)F. The van der Waals surface area contributed by atoms with E-state index in [-0.39, 0.29) is 23.2 Å². The molecular weight excluding hydrogens is 317 g/mol. The molecule has 0 N–H and O–H groups in total. The van der Waals surface area contributed by atoms with E-state index >= 15 is 0 Å². The zero-order valence-electron chi connectivity index (χ0n) is 9.38. The summed E-state index contributed by atoms with van der Waals surface area (Å²) >= 11 is 2.90. The van der Waals surface area contributed by atoms with E-state index < -0.39 is 17.9 Å². The molecule has 0 spiro atoms. The van der Waals surface area contributed by atoms with E-state index in [0.717, 1.165) is 0 Å². The van der Waals surface area contributed by atoms with Crippen molar-refractivity contribution in [3.05, 3.63) is 23.8 Å². The lowest BCUT2D eigenvalue weighted by Gasteiger charge is -2.16. The first-order chi connectivity index (χ1) is 8.39. The molecule has 0 saturated heterocycles. The maximum absolute atomic E-state index is 12.3. The highest BCUT2D eigenvalue weighted by molar-refractivity contribution is 9.09. The molecule has 0 saturated carbocycles. The van der Waals surface area contributed by atoms with Crippen molar-refractivity contribution in [2.75, 3.05) is 11.9 Å². The van der Waals surface area contributed by atoms with Gasteiger partial charge in [-0.05, 0) is 19.1 Å². The van der Waals surface area contributed by atoms with Crippen LogP contribution in [0.2, 0.25) is 0 Å². The first kappa shape index (κ1) is 14.8. The first-order valence-corrected chi connectivity index (χ1v) is 6.12. The molecular formula is C11H10BrF3O3. The molecule has 1 aromatic rings. The minimum Gasteiger partial charge on any atom is -0.490 e. The molecule has 0 unspecified atom stereocenters. The molecule has 0 radical (unpaired) electrons. The first-order valence-electron chi connectivity index (χ1n) is 4.99. The number of carbonyl (C=O) groups excluding carboxylic acids is 1. The minimum atomic E-state index is -4.88. The molecule has 0 atom stereocenters.